The van der Waals surface area contributed by atoms with Gasteiger partial charge in [-0.15, -0.1) is 0 Å². The minimum atomic E-state index is -3.65. The van der Waals surface area contributed by atoms with Gasteiger partial charge in [-0.25, -0.2) is 4.57 Å². The van der Waals surface area contributed by atoms with E-state index in [4.69, 9.17) is 4.89 Å². The SMILES string of the molecule is CCCC[PH](C)(C)CCCC.COP(=O)(O)OC. The monoisotopic (exact) mass is 302 g/mol. The molecule has 0 amide bonds. The maximum Gasteiger partial charge on any atom is 0.471 e. The van der Waals surface area contributed by atoms with Gasteiger partial charge >= 0.3 is 80.3 Å². The average Bonchev–Trinajstić information content (AvgIpc) is 2.35. The van der Waals surface area contributed by atoms with Crippen molar-refractivity contribution in [2.75, 3.05) is 39.9 Å². The molecule has 0 aliphatic heterocycles. The molecule has 0 spiro atoms. The van der Waals surface area contributed by atoms with Crippen LogP contribution in [0.5, 0.6) is 0 Å². The van der Waals surface area contributed by atoms with Gasteiger partial charge < -0.3 is 4.89 Å². The second-order valence-electron chi connectivity index (χ2n) is 5.21. The first kappa shape index (κ1) is 20.8. The second-order valence-corrected chi connectivity index (χ2v) is 12.2. The number of rotatable bonds is 8. The van der Waals surface area contributed by atoms with Gasteiger partial charge in [0.15, 0.2) is 0 Å². The van der Waals surface area contributed by atoms with Crippen molar-refractivity contribution in [2.24, 2.45) is 0 Å². The molecule has 0 unspecified atom stereocenters. The molecule has 4 nitrogen and oxygen atoms in total. The van der Waals surface area contributed by atoms with Crippen molar-refractivity contribution in [2.45, 2.75) is 39.5 Å². The summed E-state index contributed by atoms with van der Waals surface area (Å²) in [5, 5.41) is 0. The van der Waals surface area contributed by atoms with E-state index >= 15 is 0 Å². The summed E-state index contributed by atoms with van der Waals surface area (Å²) in [5.41, 5.74) is 0. The van der Waals surface area contributed by atoms with E-state index in [2.05, 4.69) is 36.2 Å². The molecule has 0 saturated carbocycles. The van der Waals surface area contributed by atoms with E-state index in [9.17, 15) is 4.57 Å². The van der Waals surface area contributed by atoms with E-state index in [0.29, 0.717) is 0 Å². The molecule has 0 atom stereocenters. The van der Waals surface area contributed by atoms with E-state index in [0.717, 1.165) is 14.2 Å². The molecule has 0 bridgehead atoms. The molecule has 1 N–H and O–H groups in total. The van der Waals surface area contributed by atoms with Crippen molar-refractivity contribution >= 4 is 15.1 Å². The van der Waals surface area contributed by atoms with Gasteiger partial charge in [-0.1, -0.05) is 0 Å². The second kappa shape index (κ2) is 11.4. The predicted octanol–water partition coefficient (Wildman–Crippen LogP) is 3.98. The number of hydrogen-bond acceptors (Lipinski definition) is 3. The van der Waals surface area contributed by atoms with Gasteiger partial charge in [0, 0.05) is 14.2 Å². The van der Waals surface area contributed by atoms with Gasteiger partial charge in [0.2, 0.25) is 0 Å². The molecule has 0 aliphatic rings. The van der Waals surface area contributed by atoms with E-state index in [-0.39, 0.29) is 0 Å². The summed E-state index contributed by atoms with van der Waals surface area (Å²) < 4.78 is 18.0. The molecule has 0 radical (unpaired) electrons. The van der Waals surface area contributed by atoms with Crippen LogP contribution >= 0.6 is 15.1 Å². The van der Waals surface area contributed by atoms with Crippen LogP contribution in [0.25, 0.3) is 0 Å². The maximum absolute atomic E-state index is 10.1. The van der Waals surface area contributed by atoms with E-state index in [1.807, 2.05) is 0 Å². The zero-order chi connectivity index (χ0) is 14.7. The van der Waals surface area contributed by atoms with Crippen LogP contribution in [0.2, 0.25) is 0 Å². The molecule has 6 heteroatoms. The fourth-order valence-electron chi connectivity index (χ4n) is 1.51. The van der Waals surface area contributed by atoms with Crippen LogP contribution in [-0.4, -0.2) is 44.8 Å². The van der Waals surface area contributed by atoms with Crippen molar-refractivity contribution in [3.8, 4) is 0 Å². The van der Waals surface area contributed by atoms with E-state index < -0.39 is 15.1 Å². The average molecular weight is 302 g/mol. The van der Waals surface area contributed by atoms with Gasteiger partial charge in [0.25, 0.3) is 0 Å². The number of unbranched alkanes of at least 4 members (excludes halogenated alkanes) is 2. The van der Waals surface area contributed by atoms with Gasteiger partial charge in [0.05, 0.1) is 0 Å². The molecule has 0 fully saturated rings. The Balaban J connectivity index is 0. The molecular formula is C12H32O4P2. The number of phosphoric acid groups is 1. The van der Waals surface area contributed by atoms with Crippen LogP contribution in [0.4, 0.5) is 0 Å². The van der Waals surface area contributed by atoms with Crippen LogP contribution in [0.3, 0.4) is 0 Å². The van der Waals surface area contributed by atoms with Crippen LogP contribution in [0, 0.1) is 0 Å². The van der Waals surface area contributed by atoms with E-state index in [1.165, 1.54) is 25.7 Å². The van der Waals surface area contributed by atoms with Crippen LogP contribution in [0.1, 0.15) is 39.5 Å². The van der Waals surface area contributed by atoms with Crippen LogP contribution in [0.15, 0.2) is 0 Å². The molecule has 0 heterocycles. The Morgan fingerprint density at radius 3 is 1.50 bits per heavy atom. The summed E-state index contributed by atoms with van der Waals surface area (Å²) >= 11 is 0. The first-order valence-corrected chi connectivity index (χ1v) is 11.6. The van der Waals surface area contributed by atoms with Gasteiger partial charge in [0.1, 0.15) is 0 Å². The third-order valence-electron chi connectivity index (χ3n) is 2.88. The van der Waals surface area contributed by atoms with Gasteiger partial charge in [-0.05, 0) is 0 Å². The molecule has 0 aromatic heterocycles. The summed E-state index contributed by atoms with van der Waals surface area (Å²) in [6.45, 7) is 9.67. The molecule has 0 aromatic rings. The first-order chi connectivity index (χ1) is 8.24. The fourth-order valence-corrected chi connectivity index (χ4v) is 4.53. The number of phosphoric ester groups is 1. The van der Waals surface area contributed by atoms with Crippen molar-refractivity contribution in [3.63, 3.8) is 0 Å². The molecule has 114 valence electrons. The normalized spacial score (nSPS) is 12.8. The molecular weight excluding hydrogens is 270 g/mol. The molecule has 18 heavy (non-hydrogen) atoms. The minimum Gasteiger partial charge on any atom is -0.303 e. The van der Waals surface area contributed by atoms with Crippen molar-refractivity contribution in [1.82, 2.24) is 0 Å². The van der Waals surface area contributed by atoms with E-state index in [1.54, 1.807) is 12.3 Å². The zero-order valence-electron chi connectivity index (χ0n) is 12.9. The summed E-state index contributed by atoms with van der Waals surface area (Å²) in [4.78, 5) is 8.24. The third kappa shape index (κ3) is 14.6. The fraction of sp³-hybridized carbons (Fsp3) is 1.00. The first-order valence-electron chi connectivity index (χ1n) is 6.69. The Hall–Kier alpha value is 0.540. The Labute approximate surface area is 113 Å². The van der Waals surface area contributed by atoms with Crippen LogP contribution < -0.4 is 0 Å². The minimum absolute atomic E-state index is 0.745. The Bertz CT molecular complexity index is 214. The molecule has 0 rings (SSSR count). The topological polar surface area (TPSA) is 55.8 Å². The zero-order valence-corrected chi connectivity index (χ0v) is 14.8. The summed E-state index contributed by atoms with van der Waals surface area (Å²) in [6, 6.07) is 0. The Morgan fingerprint density at radius 1 is 1.00 bits per heavy atom. The predicted molar refractivity (Wildman–Crippen MR) is 83.6 cm³/mol. The van der Waals surface area contributed by atoms with Gasteiger partial charge in [-0.3, -0.25) is 9.05 Å². The molecule has 0 aliphatic carbocycles. The van der Waals surface area contributed by atoms with Crippen molar-refractivity contribution in [3.05, 3.63) is 0 Å². The summed E-state index contributed by atoms with van der Waals surface area (Å²) in [5.74, 6) is 0. The molecule has 0 aromatic carbocycles. The largest absolute Gasteiger partial charge is 0.471 e. The standard InChI is InChI=1S/C10H25P.C2H7O4P/c1-5-7-9-11(3,4)10-8-6-2;1-5-7(3,4)6-2/h11H,5-10H2,1-4H3;1-2H3,(H,3,4). The van der Waals surface area contributed by atoms with Crippen LogP contribution in [-0.2, 0) is 13.6 Å². The summed E-state index contributed by atoms with van der Waals surface area (Å²) in [7, 11) is -2.20. The van der Waals surface area contributed by atoms with Gasteiger partial charge in [-0.2, -0.15) is 0 Å². The number of hydrogen-bond donors (Lipinski definition) is 1. The van der Waals surface area contributed by atoms with Crippen molar-refractivity contribution < 1.29 is 18.5 Å². The maximum atomic E-state index is 10.1. The Morgan fingerprint density at radius 2 is 1.33 bits per heavy atom. The Kier molecular flexibility index (Phi) is 13.2. The summed E-state index contributed by atoms with van der Waals surface area (Å²) in [6.07, 6.45) is 8.77. The quantitative estimate of drug-likeness (QED) is 0.689. The van der Waals surface area contributed by atoms with Crippen molar-refractivity contribution in [1.29, 1.82) is 0 Å². The molecule has 0 saturated heterocycles. The smallest absolute Gasteiger partial charge is 0.303 e. The third-order valence-corrected chi connectivity index (χ3v) is 7.21.